The largest absolute Gasteiger partial charge is 0.336 e. The summed E-state index contributed by atoms with van der Waals surface area (Å²) in [5.74, 6) is 1.97. The molecule has 2 atom stereocenters. The summed E-state index contributed by atoms with van der Waals surface area (Å²) in [5.41, 5.74) is 0.967. The van der Waals surface area contributed by atoms with E-state index in [1.165, 1.54) is 12.8 Å². The molecular formula is C17H24N4O. The Morgan fingerprint density at radius 1 is 1.23 bits per heavy atom. The quantitative estimate of drug-likeness (QED) is 0.849. The number of rotatable bonds is 5. The molecule has 118 valence electrons. The van der Waals surface area contributed by atoms with Crippen molar-refractivity contribution in [3.63, 3.8) is 0 Å². The molecule has 0 amide bonds. The predicted molar refractivity (Wildman–Crippen MR) is 87.8 cm³/mol. The Hall–Kier alpha value is -1.88. The van der Waals surface area contributed by atoms with Gasteiger partial charge in [0.15, 0.2) is 0 Å². The molecular weight excluding hydrogens is 276 g/mol. The predicted octanol–water partition coefficient (Wildman–Crippen LogP) is 2.90. The third-order valence-electron chi connectivity index (χ3n) is 4.45. The number of nitrogens with zero attached hydrogens (tertiary/aromatic N) is 4. The van der Waals surface area contributed by atoms with E-state index < -0.39 is 0 Å². The van der Waals surface area contributed by atoms with Crippen LogP contribution in [0.15, 0.2) is 34.9 Å². The summed E-state index contributed by atoms with van der Waals surface area (Å²) in [5, 5.41) is 4.18. The summed E-state index contributed by atoms with van der Waals surface area (Å²) >= 11 is 0. The fourth-order valence-corrected chi connectivity index (χ4v) is 3.30. The monoisotopic (exact) mass is 300 g/mol. The maximum atomic E-state index is 5.44. The molecule has 1 aliphatic heterocycles. The van der Waals surface area contributed by atoms with Crippen molar-refractivity contribution in [3.05, 3.63) is 30.3 Å². The number of likely N-dealkylation sites (N-methyl/N-ethyl adjacent to an activating group) is 1. The fraction of sp³-hybridized carbons (Fsp3) is 0.529. The van der Waals surface area contributed by atoms with E-state index in [4.69, 9.17) is 4.52 Å². The third-order valence-corrected chi connectivity index (χ3v) is 4.45. The summed E-state index contributed by atoms with van der Waals surface area (Å²) in [6.07, 6.45) is 2.45. The van der Waals surface area contributed by atoms with Crippen LogP contribution in [0.2, 0.25) is 0 Å². The molecule has 0 saturated carbocycles. The summed E-state index contributed by atoms with van der Waals surface area (Å²) in [7, 11) is 4.31. The van der Waals surface area contributed by atoms with E-state index in [1.807, 2.05) is 30.3 Å². The van der Waals surface area contributed by atoms with Crippen LogP contribution in [0, 0.1) is 5.92 Å². The average molecular weight is 300 g/mol. The molecule has 1 aliphatic rings. The van der Waals surface area contributed by atoms with Crippen molar-refractivity contribution in [2.75, 3.05) is 32.1 Å². The van der Waals surface area contributed by atoms with Crippen molar-refractivity contribution >= 4 is 5.95 Å². The van der Waals surface area contributed by atoms with Gasteiger partial charge in [-0.2, -0.15) is 4.98 Å². The number of hydrogen-bond acceptors (Lipinski definition) is 5. The molecule has 5 heteroatoms. The van der Waals surface area contributed by atoms with Gasteiger partial charge in [0, 0.05) is 24.7 Å². The molecule has 0 aliphatic carbocycles. The van der Waals surface area contributed by atoms with Gasteiger partial charge in [-0.25, -0.2) is 0 Å². The first-order chi connectivity index (χ1) is 10.7. The highest BCUT2D eigenvalue weighted by atomic mass is 16.5. The zero-order valence-corrected chi connectivity index (χ0v) is 13.6. The second-order valence-electron chi connectivity index (χ2n) is 6.25. The van der Waals surface area contributed by atoms with Gasteiger partial charge >= 0.3 is 0 Å². The van der Waals surface area contributed by atoms with E-state index in [0.29, 0.717) is 23.8 Å². The number of aromatic nitrogens is 2. The zero-order chi connectivity index (χ0) is 15.5. The van der Waals surface area contributed by atoms with Crippen LogP contribution in [0.4, 0.5) is 5.95 Å². The lowest BCUT2D eigenvalue weighted by atomic mass is 9.98. The first-order valence-electron chi connectivity index (χ1n) is 7.99. The molecule has 0 radical (unpaired) electrons. The molecule has 22 heavy (non-hydrogen) atoms. The Morgan fingerprint density at radius 3 is 2.68 bits per heavy atom. The standard InChI is InChI=1S/C17H24N4O/c1-4-8-14-11-21(12-15(14)20(2)3)17-18-16(22-19-17)13-9-6-5-7-10-13/h5-7,9-10,14-15H,4,8,11-12H2,1-3H3/t14-,15-/m0/s1. The number of anilines is 1. The Balaban J connectivity index is 1.76. The van der Waals surface area contributed by atoms with E-state index >= 15 is 0 Å². The molecule has 1 fully saturated rings. The lowest BCUT2D eigenvalue weighted by Crippen LogP contribution is -2.35. The minimum Gasteiger partial charge on any atom is -0.336 e. The summed E-state index contributed by atoms with van der Waals surface area (Å²) in [6.45, 7) is 4.22. The van der Waals surface area contributed by atoms with Gasteiger partial charge in [0.1, 0.15) is 0 Å². The van der Waals surface area contributed by atoms with Crippen LogP contribution in [0.25, 0.3) is 11.5 Å². The van der Waals surface area contributed by atoms with E-state index in [-0.39, 0.29) is 0 Å². The maximum absolute atomic E-state index is 5.44. The van der Waals surface area contributed by atoms with Crippen molar-refractivity contribution < 1.29 is 4.52 Å². The number of hydrogen-bond donors (Lipinski definition) is 0. The lowest BCUT2D eigenvalue weighted by Gasteiger charge is -2.24. The summed E-state index contributed by atoms with van der Waals surface area (Å²) in [4.78, 5) is 9.15. The van der Waals surface area contributed by atoms with E-state index in [9.17, 15) is 0 Å². The van der Waals surface area contributed by atoms with Gasteiger partial charge in [0.2, 0.25) is 0 Å². The Bertz CT molecular complexity index is 596. The average Bonchev–Trinajstić information content (AvgIpc) is 3.15. The van der Waals surface area contributed by atoms with Crippen LogP contribution >= 0.6 is 0 Å². The van der Waals surface area contributed by atoms with Crippen LogP contribution in [-0.2, 0) is 0 Å². The second-order valence-corrected chi connectivity index (χ2v) is 6.25. The molecule has 0 bridgehead atoms. The first kappa shape index (κ1) is 15.0. The van der Waals surface area contributed by atoms with Gasteiger partial charge in [-0.05, 0) is 43.7 Å². The minimum absolute atomic E-state index is 0.554. The highest BCUT2D eigenvalue weighted by Crippen LogP contribution is 2.29. The Kier molecular flexibility index (Phi) is 4.43. The summed E-state index contributed by atoms with van der Waals surface area (Å²) < 4.78 is 5.44. The Labute approximate surface area is 131 Å². The van der Waals surface area contributed by atoms with Crippen LogP contribution in [0.3, 0.4) is 0 Å². The van der Waals surface area contributed by atoms with Gasteiger partial charge in [0.25, 0.3) is 11.8 Å². The highest BCUT2D eigenvalue weighted by molar-refractivity contribution is 5.54. The van der Waals surface area contributed by atoms with E-state index in [2.05, 4.69) is 41.0 Å². The summed E-state index contributed by atoms with van der Waals surface area (Å²) in [6, 6.07) is 10.5. The first-order valence-corrected chi connectivity index (χ1v) is 7.99. The normalized spacial score (nSPS) is 21.7. The van der Waals surface area contributed by atoms with Crippen LogP contribution < -0.4 is 4.90 Å². The van der Waals surface area contributed by atoms with E-state index in [0.717, 1.165) is 18.7 Å². The van der Waals surface area contributed by atoms with E-state index in [1.54, 1.807) is 0 Å². The molecule has 1 aromatic heterocycles. The van der Waals surface area contributed by atoms with Gasteiger partial charge in [-0.3, -0.25) is 0 Å². The van der Waals surface area contributed by atoms with Crippen LogP contribution in [0.5, 0.6) is 0 Å². The molecule has 0 N–H and O–H groups in total. The minimum atomic E-state index is 0.554. The van der Waals surface area contributed by atoms with Crippen molar-refractivity contribution in [2.45, 2.75) is 25.8 Å². The fourth-order valence-electron chi connectivity index (χ4n) is 3.30. The molecule has 5 nitrogen and oxygen atoms in total. The lowest BCUT2D eigenvalue weighted by molar-refractivity contribution is 0.246. The SMILES string of the molecule is CCC[C@H]1CN(c2noc(-c3ccccc3)n2)C[C@@H]1N(C)C. The third kappa shape index (κ3) is 2.99. The molecule has 0 spiro atoms. The van der Waals surface area contributed by atoms with Crippen LogP contribution in [-0.4, -0.2) is 48.3 Å². The zero-order valence-electron chi connectivity index (χ0n) is 13.6. The smallest absolute Gasteiger partial charge is 0.266 e. The van der Waals surface area contributed by atoms with Crippen molar-refractivity contribution in [1.82, 2.24) is 15.0 Å². The highest BCUT2D eigenvalue weighted by Gasteiger charge is 2.35. The van der Waals surface area contributed by atoms with Crippen molar-refractivity contribution in [1.29, 1.82) is 0 Å². The van der Waals surface area contributed by atoms with Crippen molar-refractivity contribution in [2.24, 2.45) is 5.92 Å². The molecule has 2 heterocycles. The van der Waals surface area contributed by atoms with Crippen molar-refractivity contribution in [3.8, 4) is 11.5 Å². The molecule has 3 rings (SSSR count). The topological polar surface area (TPSA) is 45.4 Å². The van der Waals surface area contributed by atoms with Gasteiger partial charge in [-0.15, -0.1) is 0 Å². The Morgan fingerprint density at radius 2 is 2.00 bits per heavy atom. The number of benzene rings is 1. The molecule has 1 saturated heterocycles. The maximum Gasteiger partial charge on any atom is 0.266 e. The van der Waals surface area contributed by atoms with Crippen LogP contribution in [0.1, 0.15) is 19.8 Å². The molecule has 2 aromatic rings. The second kappa shape index (κ2) is 6.48. The molecule has 0 unspecified atom stereocenters. The van der Waals surface area contributed by atoms with Gasteiger partial charge in [-0.1, -0.05) is 31.5 Å². The molecule has 1 aromatic carbocycles. The van der Waals surface area contributed by atoms with Gasteiger partial charge < -0.3 is 14.3 Å². The van der Waals surface area contributed by atoms with Gasteiger partial charge in [0.05, 0.1) is 0 Å².